The van der Waals surface area contributed by atoms with E-state index in [2.05, 4.69) is 5.32 Å². The van der Waals surface area contributed by atoms with Crippen LogP contribution in [-0.4, -0.2) is 46.3 Å². The van der Waals surface area contributed by atoms with Gasteiger partial charge < -0.3 is 14.8 Å². The third-order valence-electron chi connectivity index (χ3n) is 3.88. The van der Waals surface area contributed by atoms with Crippen molar-refractivity contribution in [2.24, 2.45) is 0 Å². The highest BCUT2D eigenvalue weighted by molar-refractivity contribution is 7.91. The van der Waals surface area contributed by atoms with Crippen LogP contribution in [0, 0.1) is 0 Å². The Kier molecular flexibility index (Phi) is 7.66. The zero-order valence-corrected chi connectivity index (χ0v) is 16.2. The minimum atomic E-state index is -4.74. The van der Waals surface area contributed by atoms with Crippen molar-refractivity contribution in [2.75, 3.05) is 20.3 Å². The molecule has 0 saturated heterocycles. The smallest absolute Gasteiger partial charge is 0.341 e. The van der Waals surface area contributed by atoms with Gasteiger partial charge in [-0.05, 0) is 48.4 Å². The summed E-state index contributed by atoms with van der Waals surface area (Å²) >= 11 is 0. The zero-order chi connectivity index (χ0) is 21.4. The maximum atomic E-state index is 12.5. The fourth-order valence-electron chi connectivity index (χ4n) is 2.29. The molecule has 29 heavy (non-hydrogen) atoms. The molecule has 0 fully saturated rings. The lowest BCUT2D eigenvalue weighted by molar-refractivity contribution is -0.124. The molecule has 1 N–H and O–H groups in total. The lowest BCUT2D eigenvalue weighted by Crippen LogP contribution is -2.30. The lowest BCUT2D eigenvalue weighted by Gasteiger charge is -2.08. The molecule has 0 aliphatic heterocycles. The number of amides is 1. The molecule has 0 aliphatic carbocycles. The van der Waals surface area contributed by atoms with Crippen LogP contribution >= 0.6 is 0 Å². The van der Waals surface area contributed by atoms with E-state index in [4.69, 9.17) is 9.47 Å². The number of hydrogen-bond donors (Lipinski definition) is 1. The molecule has 10 heteroatoms. The van der Waals surface area contributed by atoms with E-state index in [0.717, 1.165) is 35.6 Å². The number of methoxy groups -OCH3 is 1. The minimum Gasteiger partial charge on any atom is -0.497 e. The van der Waals surface area contributed by atoms with Crippen molar-refractivity contribution in [2.45, 2.75) is 17.1 Å². The Hall–Kier alpha value is -3.01. The summed E-state index contributed by atoms with van der Waals surface area (Å²) in [5, 5.41) is 2.60. The Morgan fingerprint density at radius 3 is 2.21 bits per heavy atom. The van der Waals surface area contributed by atoms with E-state index in [1.54, 1.807) is 19.2 Å². The molecule has 0 aromatic heterocycles. The van der Waals surface area contributed by atoms with Crippen LogP contribution in [0.1, 0.15) is 15.9 Å². The summed E-state index contributed by atoms with van der Waals surface area (Å²) in [6.07, 6.45) is 0.573. The van der Waals surface area contributed by atoms with Crippen molar-refractivity contribution in [3.05, 3.63) is 59.7 Å². The van der Waals surface area contributed by atoms with Gasteiger partial charge in [-0.2, -0.15) is 8.78 Å². The maximum Gasteiger partial charge on any atom is 0.341 e. The third kappa shape index (κ3) is 6.24. The first kappa shape index (κ1) is 22.3. The third-order valence-corrected chi connectivity index (χ3v) is 5.28. The average Bonchev–Trinajstić information content (AvgIpc) is 2.72. The number of nitrogens with one attached hydrogen (secondary N) is 1. The van der Waals surface area contributed by atoms with E-state index in [-0.39, 0.29) is 5.56 Å². The van der Waals surface area contributed by atoms with Gasteiger partial charge in [-0.1, -0.05) is 12.1 Å². The monoisotopic (exact) mass is 427 g/mol. The summed E-state index contributed by atoms with van der Waals surface area (Å²) in [5.41, 5.74) is 0.922. The molecule has 156 valence electrons. The molecule has 0 radical (unpaired) electrons. The normalized spacial score (nSPS) is 11.2. The van der Waals surface area contributed by atoms with Gasteiger partial charge in [0.25, 0.3) is 5.91 Å². The summed E-state index contributed by atoms with van der Waals surface area (Å²) in [5.74, 6) is -4.22. The average molecular weight is 427 g/mol. The second-order valence-electron chi connectivity index (χ2n) is 5.85. The van der Waals surface area contributed by atoms with Gasteiger partial charge >= 0.3 is 11.7 Å². The summed E-state index contributed by atoms with van der Waals surface area (Å²) < 4.78 is 57.5. The zero-order valence-electron chi connectivity index (χ0n) is 15.4. The summed E-state index contributed by atoms with van der Waals surface area (Å²) in [6.45, 7) is -0.193. The number of carbonyl (C=O) groups is 2. The van der Waals surface area contributed by atoms with Crippen LogP contribution in [0.5, 0.6) is 5.75 Å². The minimum absolute atomic E-state index is 0.0655. The predicted molar refractivity (Wildman–Crippen MR) is 99.6 cm³/mol. The van der Waals surface area contributed by atoms with Gasteiger partial charge in [-0.3, -0.25) is 4.79 Å². The number of alkyl halides is 2. The first-order chi connectivity index (χ1) is 13.7. The number of rotatable bonds is 9. The van der Waals surface area contributed by atoms with E-state index < -0.39 is 39.0 Å². The second kappa shape index (κ2) is 9.97. The van der Waals surface area contributed by atoms with E-state index in [1.165, 1.54) is 0 Å². The van der Waals surface area contributed by atoms with Crippen molar-refractivity contribution in [1.29, 1.82) is 0 Å². The first-order valence-corrected chi connectivity index (χ1v) is 9.97. The van der Waals surface area contributed by atoms with Crippen LogP contribution in [0.25, 0.3) is 0 Å². The highest BCUT2D eigenvalue weighted by Gasteiger charge is 2.26. The van der Waals surface area contributed by atoms with Gasteiger partial charge in [0, 0.05) is 6.54 Å². The molecule has 0 bridgehead atoms. The molecule has 2 rings (SSSR count). The Bertz CT molecular complexity index is 944. The van der Waals surface area contributed by atoms with Crippen molar-refractivity contribution in [3.8, 4) is 5.75 Å². The quantitative estimate of drug-likeness (QED) is 0.616. The second-order valence-corrected chi connectivity index (χ2v) is 7.77. The predicted octanol–water partition coefficient (Wildman–Crippen LogP) is 2.21. The fourth-order valence-corrected chi connectivity index (χ4v) is 3.01. The summed E-state index contributed by atoms with van der Waals surface area (Å²) in [6, 6.07) is 11.2. The number of halogens is 2. The molecule has 7 nitrogen and oxygen atoms in total. The van der Waals surface area contributed by atoms with Crippen LogP contribution in [-0.2, 0) is 25.8 Å². The number of carbonyl (C=O) groups excluding carboxylic acids is 2. The molecule has 0 unspecified atom stereocenters. The highest BCUT2D eigenvalue weighted by atomic mass is 32.2. The Morgan fingerprint density at radius 1 is 1.03 bits per heavy atom. The number of esters is 1. The Balaban J connectivity index is 1.78. The van der Waals surface area contributed by atoms with Gasteiger partial charge in [0.05, 0.1) is 17.6 Å². The van der Waals surface area contributed by atoms with Gasteiger partial charge in [0.1, 0.15) is 5.75 Å². The number of sulfone groups is 1. The Labute approximate surface area is 166 Å². The van der Waals surface area contributed by atoms with Crippen LogP contribution in [0.3, 0.4) is 0 Å². The SMILES string of the molecule is COc1ccc(CCNC(=O)COC(=O)c2ccc(S(=O)(=O)C(F)F)cc2)cc1. The number of hydrogen-bond acceptors (Lipinski definition) is 6. The summed E-state index contributed by atoms with van der Waals surface area (Å²) in [4.78, 5) is 23.0. The molecule has 1 amide bonds. The largest absolute Gasteiger partial charge is 0.497 e. The molecule has 0 spiro atoms. The molecule has 2 aromatic rings. The fraction of sp³-hybridized carbons (Fsp3) is 0.263. The van der Waals surface area contributed by atoms with E-state index in [0.29, 0.717) is 13.0 Å². The summed E-state index contributed by atoms with van der Waals surface area (Å²) in [7, 11) is -3.17. The standard InChI is InChI=1S/C19H19F2NO6S/c1-27-15-6-2-13(3-7-15)10-11-22-17(23)12-28-18(24)14-4-8-16(9-5-14)29(25,26)19(20)21/h2-9,19H,10-12H2,1H3,(H,22,23). The van der Waals surface area contributed by atoms with Gasteiger partial charge in [0.15, 0.2) is 6.61 Å². The molecule has 0 atom stereocenters. The van der Waals surface area contributed by atoms with E-state index in [9.17, 15) is 26.8 Å². The first-order valence-electron chi connectivity index (χ1n) is 8.43. The number of ether oxygens (including phenoxy) is 2. The van der Waals surface area contributed by atoms with Crippen LogP contribution < -0.4 is 10.1 Å². The van der Waals surface area contributed by atoms with E-state index >= 15 is 0 Å². The highest BCUT2D eigenvalue weighted by Crippen LogP contribution is 2.19. The van der Waals surface area contributed by atoms with Gasteiger partial charge in [-0.15, -0.1) is 0 Å². The van der Waals surface area contributed by atoms with Crippen LogP contribution in [0.2, 0.25) is 0 Å². The van der Waals surface area contributed by atoms with Gasteiger partial charge in [0.2, 0.25) is 9.84 Å². The lowest BCUT2D eigenvalue weighted by atomic mass is 10.1. The van der Waals surface area contributed by atoms with Crippen LogP contribution in [0.15, 0.2) is 53.4 Å². The van der Waals surface area contributed by atoms with E-state index in [1.807, 2.05) is 12.1 Å². The molecule has 0 heterocycles. The Morgan fingerprint density at radius 2 is 1.66 bits per heavy atom. The van der Waals surface area contributed by atoms with Crippen molar-refractivity contribution in [3.63, 3.8) is 0 Å². The molecule has 0 saturated carbocycles. The van der Waals surface area contributed by atoms with Crippen LogP contribution in [0.4, 0.5) is 8.78 Å². The molecule has 2 aromatic carbocycles. The number of benzene rings is 2. The van der Waals surface area contributed by atoms with Crippen molar-refractivity contribution in [1.82, 2.24) is 5.32 Å². The van der Waals surface area contributed by atoms with Crippen molar-refractivity contribution < 1.29 is 36.3 Å². The molecule has 0 aliphatic rings. The topological polar surface area (TPSA) is 98.8 Å². The van der Waals surface area contributed by atoms with Gasteiger partial charge in [-0.25, -0.2) is 13.2 Å². The molecular weight excluding hydrogens is 408 g/mol. The molecular formula is C19H19F2NO6S. The van der Waals surface area contributed by atoms with Crippen molar-refractivity contribution >= 4 is 21.7 Å². The maximum absolute atomic E-state index is 12.5.